The standard InChI is InChI=1S/C23H30N4O2S/c1-27-13-12-24-23(27)30-15-21(28)25-19-9-7-17(8-10-19)22(29)26-20-11-6-16-4-2-3-5-18(16)14-20/h7-10,12-13,16,18,20H,2-6,11,14-15H2,1H3,(H,25,28)(H,26,29)/t16-,18+,20-/m1/s1. The van der Waals surface area contributed by atoms with Gasteiger partial charge in [-0.15, -0.1) is 0 Å². The van der Waals surface area contributed by atoms with E-state index in [1.807, 2.05) is 17.8 Å². The molecule has 0 unspecified atom stereocenters. The van der Waals surface area contributed by atoms with Crippen molar-refractivity contribution >= 4 is 29.3 Å². The number of thioether (sulfide) groups is 1. The monoisotopic (exact) mass is 426 g/mol. The molecular formula is C23H30N4O2S. The van der Waals surface area contributed by atoms with E-state index in [0.717, 1.165) is 29.8 Å². The van der Waals surface area contributed by atoms with Gasteiger partial charge in [-0.3, -0.25) is 9.59 Å². The SMILES string of the molecule is Cn1ccnc1SCC(=O)Nc1ccc(C(=O)N[C@@H]2CC[C@H]3CCCC[C@H]3C2)cc1. The van der Waals surface area contributed by atoms with E-state index in [1.165, 1.54) is 43.9 Å². The summed E-state index contributed by atoms with van der Waals surface area (Å²) < 4.78 is 1.88. The van der Waals surface area contributed by atoms with Gasteiger partial charge in [0.05, 0.1) is 5.75 Å². The van der Waals surface area contributed by atoms with Crippen LogP contribution >= 0.6 is 11.8 Å². The third-order valence-electron chi connectivity index (χ3n) is 6.42. The summed E-state index contributed by atoms with van der Waals surface area (Å²) in [6.07, 6.45) is 12.4. The van der Waals surface area contributed by atoms with Crippen molar-refractivity contribution in [2.45, 2.75) is 56.1 Å². The quantitative estimate of drug-likeness (QED) is 0.678. The van der Waals surface area contributed by atoms with Crippen LogP contribution in [-0.2, 0) is 11.8 Å². The molecule has 4 rings (SSSR count). The van der Waals surface area contributed by atoms with Gasteiger partial charge in [-0.2, -0.15) is 0 Å². The van der Waals surface area contributed by atoms with Crippen molar-refractivity contribution in [3.05, 3.63) is 42.2 Å². The maximum absolute atomic E-state index is 12.7. The molecule has 3 atom stereocenters. The van der Waals surface area contributed by atoms with E-state index in [-0.39, 0.29) is 17.6 Å². The summed E-state index contributed by atoms with van der Waals surface area (Å²) in [5.74, 6) is 1.85. The van der Waals surface area contributed by atoms with E-state index in [0.29, 0.717) is 17.3 Å². The third-order valence-corrected chi connectivity index (χ3v) is 7.47. The van der Waals surface area contributed by atoms with Crippen LogP contribution in [0, 0.1) is 11.8 Å². The number of carbonyl (C=O) groups is 2. The highest BCUT2D eigenvalue weighted by molar-refractivity contribution is 7.99. The minimum atomic E-state index is -0.0931. The lowest BCUT2D eigenvalue weighted by Gasteiger charge is -2.39. The van der Waals surface area contributed by atoms with Crippen LogP contribution in [0.15, 0.2) is 41.8 Å². The molecule has 0 radical (unpaired) electrons. The molecule has 2 fully saturated rings. The second kappa shape index (κ2) is 9.69. The zero-order valence-electron chi connectivity index (χ0n) is 17.5. The first kappa shape index (κ1) is 21.0. The maximum atomic E-state index is 12.7. The number of hydrogen-bond acceptors (Lipinski definition) is 4. The highest BCUT2D eigenvalue weighted by Gasteiger charge is 2.32. The maximum Gasteiger partial charge on any atom is 0.251 e. The van der Waals surface area contributed by atoms with E-state index in [2.05, 4.69) is 15.6 Å². The second-order valence-electron chi connectivity index (χ2n) is 8.52. The number of benzene rings is 1. The van der Waals surface area contributed by atoms with Crippen molar-refractivity contribution in [1.82, 2.24) is 14.9 Å². The molecule has 7 heteroatoms. The molecular weight excluding hydrogens is 396 g/mol. The summed E-state index contributed by atoms with van der Waals surface area (Å²) in [6, 6.07) is 7.43. The van der Waals surface area contributed by atoms with Crippen LogP contribution in [0.25, 0.3) is 0 Å². The Hall–Kier alpha value is -2.28. The molecule has 2 aliphatic rings. The van der Waals surface area contributed by atoms with Gasteiger partial charge in [0, 0.05) is 36.7 Å². The van der Waals surface area contributed by atoms with Gasteiger partial charge in [0.2, 0.25) is 5.91 Å². The lowest BCUT2D eigenvalue weighted by atomic mass is 9.69. The molecule has 0 aliphatic heterocycles. The Bertz CT molecular complexity index is 880. The first-order valence-corrected chi connectivity index (χ1v) is 11.9. The average molecular weight is 427 g/mol. The van der Waals surface area contributed by atoms with Gasteiger partial charge in [-0.25, -0.2) is 4.98 Å². The van der Waals surface area contributed by atoms with Crippen LogP contribution in [0.4, 0.5) is 5.69 Å². The Morgan fingerprint density at radius 1 is 1.10 bits per heavy atom. The van der Waals surface area contributed by atoms with Crippen LogP contribution in [-0.4, -0.2) is 33.2 Å². The van der Waals surface area contributed by atoms with E-state index < -0.39 is 0 Å². The number of nitrogens with one attached hydrogen (secondary N) is 2. The lowest BCUT2D eigenvalue weighted by molar-refractivity contribution is -0.113. The number of hydrogen-bond donors (Lipinski definition) is 2. The summed E-state index contributed by atoms with van der Waals surface area (Å²) >= 11 is 1.39. The average Bonchev–Trinajstić information content (AvgIpc) is 3.17. The van der Waals surface area contributed by atoms with Gasteiger partial charge in [0.15, 0.2) is 5.16 Å². The first-order valence-electron chi connectivity index (χ1n) is 10.9. The van der Waals surface area contributed by atoms with Gasteiger partial charge < -0.3 is 15.2 Å². The zero-order valence-corrected chi connectivity index (χ0v) is 18.3. The van der Waals surface area contributed by atoms with E-state index in [9.17, 15) is 9.59 Å². The van der Waals surface area contributed by atoms with Crippen molar-refractivity contribution in [3.8, 4) is 0 Å². The zero-order chi connectivity index (χ0) is 20.9. The lowest BCUT2D eigenvalue weighted by Crippen LogP contribution is -2.41. The Kier molecular flexibility index (Phi) is 6.77. The Morgan fingerprint density at radius 2 is 1.87 bits per heavy atom. The van der Waals surface area contributed by atoms with Crippen LogP contribution < -0.4 is 10.6 Å². The van der Waals surface area contributed by atoms with E-state index >= 15 is 0 Å². The van der Waals surface area contributed by atoms with Crippen LogP contribution in [0.5, 0.6) is 0 Å². The number of anilines is 1. The van der Waals surface area contributed by atoms with Gasteiger partial charge in [-0.05, 0) is 55.4 Å². The Labute approximate surface area is 182 Å². The largest absolute Gasteiger partial charge is 0.349 e. The number of rotatable bonds is 6. The van der Waals surface area contributed by atoms with Crippen molar-refractivity contribution in [2.24, 2.45) is 18.9 Å². The fourth-order valence-electron chi connectivity index (χ4n) is 4.80. The van der Waals surface area contributed by atoms with Crippen LogP contribution in [0.2, 0.25) is 0 Å². The summed E-state index contributed by atoms with van der Waals surface area (Å²) in [5, 5.41) is 6.91. The normalized spacial score (nSPS) is 23.4. The number of fused-ring (bicyclic) bond motifs is 1. The van der Waals surface area contributed by atoms with Gasteiger partial charge in [0.25, 0.3) is 5.91 Å². The number of aryl methyl sites for hydroxylation is 1. The van der Waals surface area contributed by atoms with Crippen molar-refractivity contribution in [2.75, 3.05) is 11.1 Å². The molecule has 6 nitrogen and oxygen atoms in total. The molecule has 1 heterocycles. The third kappa shape index (κ3) is 5.25. The molecule has 0 spiro atoms. The predicted octanol–water partition coefficient (Wildman–Crippen LogP) is 4.24. The molecule has 2 aromatic rings. The van der Waals surface area contributed by atoms with E-state index in [1.54, 1.807) is 30.5 Å². The number of nitrogens with zero attached hydrogens (tertiary/aromatic N) is 2. The first-order chi connectivity index (χ1) is 14.6. The highest BCUT2D eigenvalue weighted by Crippen LogP contribution is 2.40. The van der Waals surface area contributed by atoms with Crippen LogP contribution in [0.3, 0.4) is 0 Å². The molecule has 2 amide bonds. The predicted molar refractivity (Wildman–Crippen MR) is 120 cm³/mol. The second-order valence-corrected chi connectivity index (χ2v) is 9.47. The number of amides is 2. The smallest absolute Gasteiger partial charge is 0.251 e. The molecule has 1 aromatic heterocycles. The molecule has 0 saturated heterocycles. The summed E-state index contributed by atoms with van der Waals surface area (Å²) in [7, 11) is 1.90. The van der Waals surface area contributed by atoms with Gasteiger partial charge in [0.1, 0.15) is 0 Å². The van der Waals surface area contributed by atoms with Gasteiger partial charge in [-0.1, -0.05) is 37.4 Å². The van der Waals surface area contributed by atoms with Crippen LogP contribution in [0.1, 0.15) is 55.3 Å². The van der Waals surface area contributed by atoms with Gasteiger partial charge >= 0.3 is 0 Å². The molecule has 2 aliphatic carbocycles. The van der Waals surface area contributed by atoms with Crippen molar-refractivity contribution < 1.29 is 9.59 Å². The Balaban J connectivity index is 1.25. The summed E-state index contributed by atoms with van der Waals surface area (Å²) in [6.45, 7) is 0. The molecule has 30 heavy (non-hydrogen) atoms. The molecule has 2 N–H and O–H groups in total. The molecule has 2 saturated carbocycles. The van der Waals surface area contributed by atoms with Crippen molar-refractivity contribution in [1.29, 1.82) is 0 Å². The topological polar surface area (TPSA) is 76.0 Å². The minimum Gasteiger partial charge on any atom is -0.349 e. The van der Waals surface area contributed by atoms with Crippen molar-refractivity contribution in [3.63, 3.8) is 0 Å². The number of carbonyl (C=O) groups excluding carboxylic acids is 2. The number of aromatic nitrogens is 2. The Morgan fingerprint density at radius 3 is 2.60 bits per heavy atom. The highest BCUT2D eigenvalue weighted by atomic mass is 32.2. The molecule has 0 bridgehead atoms. The fourth-order valence-corrected chi connectivity index (χ4v) is 5.53. The molecule has 160 valence electrons. The van der Waals surface area contributed by atoms with E-state index in [4.69, 9.17) is 0 Å². The molecule has 1 aromatic carbocycles. The number of imidazole rings is 1. The summed E-state index contributed by atoms with van der Waals surface area (Å²) in [5.41, 5.74) is 1.33. The minimum absolute atomic E-state index is 0.0162. The fraction of sp³-hybridized carbons (Fsp3) is 0.522. The summed E-state index contributed by atoms with van der Waals surface area (Å²) in [4.78, 5) is 29.0.